The largest absolute Gasteiger partial charge is 0.481 e. The van der Waals surface area contributed by atoms with Crippen molar-refractivity contribution in [2.75, 3.05) is 13.1 Å². The minimum atomic E-state index is -0.850. The standard InChI is InChI=1S/C12H21NO3/c1-4-5-9-6-10(14)13(7-9)8-12(2,3)11(15)16/h9H,4-8H2,1-3H3,(H,15,16). The third-order valence-corrected chi connectivity index (χ3v) is 3.16. The molecule has 4 nitrogen and oxygen atoms in total. The average molecular weight is 227 g/mol. The molecule has 1 N–H and O–H groups in total. The van der Waals surface area contributed by atoms with E-state index in [1.165, 1.54) is 0 Å². The van der Waals surface area contributed by atoms with Crippen LogP contribution in [0.5, 0.6) is 0 Å². The number of aliphatic carboxylic acids is 1. The summed E-state index contributed by atoms with van der Waals surface area (Å²) in [6.07, 6.45) is 2.72. The molecule has 1 heterocycles. The second kappa shape index (κ2) is 4.85. The highest BCUT2D eigenvalue weighted by Gasteiger charge is 2.36. The molecule has 1 aliphatic rings. The Bertz CT molecular complexity index is 286. The summed E-state index contributed by atoms with van der Waals surface area (Å²) in [7, 11) is 0. The molecule has 1 amide bonds. The highest BCUT2D eigenvalue weighted by Crippen LogP contribution is 2.26. The van der Waals surface area contributed by atoms with Crippen molar-refractivity contribution in [3.63, 3.8) is 0 Å². The van der Waals surface area contributed by atoms with Crippen LogP contribution in [-0.4, -0.2) is 35.0 Å². The zero-order valence-corrected chi connectivity index (χ0v) is 10.3. The fourth-order valence-electron chi connectivity index (χ4n) is 2.15. The van der Waals surface area contributed by atoms with Crippen LogP contribution in [0.1, 0.15) is 40.0 Å². The molecule has 0 aromatic rings. The van der Waals surface area contributed by atoms with Crippen LogP contribution >= 0.6 is 0 Å². The number of hydrogen-bond donors (Lipinski definition) is 1. The number of likely N-dealkylation sites (tertiary alicyclic amines) is 1. The predicted molar refractivity (Wildman–Crippen MR) is 61.0 cm³/mol. The zero-order valence-electron chi connectivity index (χ0n) is 10.3. The van der Waals surface area contributed by atoms with E-state index in [4.69, 9.17) is 5.11 Å². The van der Waals surface area contributed by atoms with Crippen molar-refractivity contribution in [3.8, 4) is 0 Å². The van der Waals surface area contributed by atoms with Gasteiger partial charge in [0, 0.05) is 19.5 Å². The molecule has 4 heteroatoms. The number of carboxylic acids is 1. The van der Waals surface area contributed by atoms with Crippen LogP contribution in [0.3, 0.4) is 0 Å². The lowest BCUT2D eigenvalue weighted by Crippen LogP contribution is -2.40. The highest BCUT2D eigenvalue weighted by atomic mass is 16.4. The van der Waals surface area contributed by atoms with Crippen LogP contribution in [-0.2, 0) is 9.59 Å². The summed E-state index contributed by atoms with van der Waals surface area (Å²) >= 11 is 0. The van der Waals surface area contributed by atoms with Crippen molar-refractivity contribution in [1.29, 1.82) is 0 Å². The van der Waals surface area contributed by atoms with Gasteiger partial charge in [-0.1, -0.05) is 13.3 Å². The molecular weight excluding hydrogens is 206 g/mol. The van der Waals surface area contributed by atoms with Gasteiger partial charge in [0.1, 0.15) is 0 Å². The third-order valence-electron chi connectivity index (χ3n) is 3.16. The monoisotopic (exact) mass is 227 g/mol. The number of hydrogen-bond acceptors (Lipinski definition) is 2. The molecule has 0 saturated carbocycles. The molecule has 16 heavy (non-hydrogen) atoms. The lowest BCUT2D eigenvalue weighted by atomic mass is 9.93. The maximum atomic E-state index is 11.7. The predicted octanol–water partition coefficient (Wildman–Crippen LogP) is 1.75. The van der Waals surface area contributed by atoms with E-state index in [0.29, 0.717) is 18.9 Å². The van der Waals surface area contributed by atoms with E-state index < -0.39 is 11.4 Å². The molecule has 1 saturated heterocycles. The topological polar surface area (TPSA) is 57.6 Å². The molecule has 1 unspecified atom stereocenters. The van der Waals surface area contributed by atoms with Crippen LogP contribution in [0.4, 0.5) is 0 Å². The van der Waals surface area contributed by atoms with Gasteiger partial charge in [-0.05, 0) is 26.2 Å². The van der Waals surface area contributed by atoms with Gasteiger partial charge >= 0.3 is 5.97 Å². The van der Waals surface area contributed by atoms with Gasteiger partial charge in [0.15, 0.2) is 0 Å². The Morgan fingerprint density at radius 2 is 2.19 bits per heavy atom. The van der Waals surface area contributed by atoms with Gasteiger partial charge in [-0.3, -0.25) is 9.59 Å². The Morgan fingerprint density at radius 3 is 2.69 bits per heavy atom. The molecule has 0 aromatic carbocycles. The van der Waals surface area contributed by atoms with Crippen LogP contribution < -0.4 is 0 Å². The maximum Gasteiger partial charge on any atom is 0.310 e. The first-order valence-corrected chi connectivity index (χ1v) is 5.88. The molecule has 0 spiro atoms. The van der Waals surface area contributed by atoms with Crippen molar-refractivity contribution in [3.05, 3.63) is 0 Å². The van der Waals surface area contributed by atoms with Crippen molar-refractivity contribution in [2.45, 2.75) is 40.0 Å². The number of amides is 1. The summed E-state index contributed by atoms with van der Waals surface area (Å²) in [4.78, 5) is 24.4. The van der Waals surface area contributed by atoms with E-state index in [-0.39, 0.29) is 5.91 Å². The molecule has 0 radical (unpaired) electrons. The first-order chi connectivity index (χ1) is 7.36. The van der Waals surface area contributed by atoms with E-state index >= 15 is 0 Å². The Hall–Kier alpha value is -1.06. The van der Waals surface area contributed by atoms with Gasteiger partial charge in [-0.15, -0.1) is 0 Å². The van der Waals surface area contributed by atoms with E-state index in [1.807, 2.05) is 0 Å². The molecule has 1 fully saturated rings. The van der Waals surface area contributed by atoms with Crippen molar-refractivity contribution >= 4 is 11.9 Å². The molecular formula is C12H21NO3. The molecule has 1 atom stereocenters. The fraction of sp³-hybridized carbons (Fsp3) is 0.833. The number of carboxylic acid groups (broad SMARTS) is 1. The van der Waals surface area contributed by atoms with Crippen LogP contribution in [0.25, 0.3) is 0 Å². The second-order valence-electron chi connectivity index (χ2n) is 5.32. The Kier molecular flexibility index (Phi) is 3.94. The van der Waals surface area contributed by atoms with Gasteiger partial charge in [-0.25, -0.2) is 0 Å². The lowest BCUT2D eigenvalue weighted by molar-refractivity contribution is -0.148. The van der Waals surface area contributed by atoms with Gasteiger partial charge in [0.2, 0.25) is 5.91 Å². The molecule has 0 bridgehead atoms. The summed E-state index contributed by atoms with van der Waals surface area (Å²) < 4.78 is 0. The molecule has 1 rings (SSSR count). The number of carbonyl (C=O) groups excluding carboxylic acids is 1. The van der Waals surface area contributed by atoms with Crippen LogP contribution in [0.15, 0.2) is 0 Å². The van der Waals surface area contributed by atoms with Crippen molar-refractivity contribution in [2.24, 2.45) is 11.3 Å². The normalized spacial score (nSPS) is 21.6. The minimum absolute atomic E-state index is 0.104. The smallest absolute Gasteiger partial charge is 0.310 e. The average Bonchev–Trinajstić information content (AvgIpc) is 2.46. The first-order valence-electron chi connectivity index (χ1n) is 5.88. The zero-order chi connectivity index (χ0) is 12.3. The Morgan fingerprint density at radius 1 is 1.56 bits per heavy atom. The molecule has 92 valence electrons. The summed E-state index contributed by atoms with van der Waals surface area (Å²) in [5.74, 6) is -0.325. The SMILES string of the molecule is CCCC1CC(=O)N(CC(C)(C)C(=O)O)C1. The molecule has 0 aromatic heterocycles. The minimum Gasteiger partial charge on any atom is -0.481 e. The van der Waals surface area contributed by atoms with Gasteiger partial charge in [0.05, 0.1) is 5.41 Å². The first kappa shape index (κ1) is 13.0. The van der Waals surface area contributed by atoms with Gasteiger partial charge < -0.3 is 10.0 Å². The summed E-state index contributed by atoms with van der Waals surface area (Å²) in [6, 6.07) is 0. The quantitative estimate of drug-likeness (QED) is 0.778. The van der Waals surface area contributed by atoms with E-state index in [1.54, 1.807) is 18.7 Å². The Balaban J connectivity index is 2.56. The second-order valence-corrected chi connectivity index (χ2v) is 5.32. The third kappa shape index (κ3) is 2.97. The van der Waals surface area contributed by atoms with Gasteiger partial charge in [-0.2, -0.15) is 0 Å². The summed E-state index contributed by atoms with van der Waals surface area (Å²) in [5, 5.41) is 9.02. The van der Waals surface area contributed by atoms with Crippen molar-refractivity contribution in [1.82, 2.24) is 4.90 Å². The lowest BCUT2D eigenvalue weighted by Gasteiger charge is -2.26. The van der Waals surface area contributed by atoms with Gasteiger partial charge in [0.25, 0.3) is 0 Å². The number of rotatable bonds is 5. The maximum absolute atomic E-state index is 11.7. The number of nitrogens with zero attached hydrogens (tertiary/aromatic N) is 1. The molecule has 1 aliphatic heterocycles. The fourth-order valence-corrected chi connectivity index (χ4v) is 2.15. The van der Waals surface area contributed by atoms with E-state index in [0.717, 1.165) is 19.4 Å². The number of carbonyl (C=O) groups is 2. The highest BCUT2D eigenvalue weighted by molar-refractivity contribution is 5.80. The summed E-state index contributed by atoms with van der Waals surface area (Å²) in [5.41, 5.74) is -0.850. The van der Waals surface area contributed by atoms with Crippen molar-refractivity contribution < 1.29 is 14.7 Å². The van der Waals surface area contributed by atoms with E-state index in [9.17, 15) is 9.59 Å². The molecule has 0 aliphatic carbocycles. The van der Waals surface area contributed by atoms with Crippen LogP contribution in [0, 0.1) is 11.3 Å². The Labute approximate surface area is 96.6 Å². The van der Waals surface area contributed by atoms with Crippen LogP contribution in [0.2, 0.25) is 0 Å². The summed E-state index contributed by atoms with van der Waals surface area (Å²) in [6.45, 7) is 6.48. The van der Waals surface area contributed by atoms with E-state index in [2.05, 4.69) is 6.92 Å².